The number of hydrogen-bond acceptors (Lipinski definition) is 4. The molecule has 0 bridgehead atoms. The van der Waals surface area contributed by atoms with E-state index in [1.165, 1.54) is 11.3 Å². The van der Waals surface area contributed by atoms with Gasteiger partial charge < -0.3 is 10.6 Å². The number of anilines is 1. The molecule has 2 heterocycles. The van der Waals surface area contributed by atoms with Crippen LogP contribution in [-0.4, -0.2) is 24.1 Å². The molecule has 0 spiro atoms. The van der Waals surface area contributed by atoms with Crippen molar-refractivity contribution in [2.45, 2.75) is 25.3 Å². The van der Waals surface area contributed by atoms with E-state index in [1.54, 1.807) is 0 Å². The lowest BCUT2D eigenvalue weighted by molar-refractivity contribution is 0.513. The topological polar surface area (TPSA) is 65.9 Å². The van der Waals surface area contributed by atoms with Gasteiger partial charge in [0.15, 0.2) is 0 Å². The Morgan fingerprint density at radius 3 is 2.94 bits per heavy atom. The van der Waals surface area contributed by atoms with Crippen LogP contribution >= 0.6 is 0 Å². The molecule has 1 fully saturated rings. The molecule has 0 atom stereocenters. The van der Waals surface area contributed by atoms with Crippen LogP contribution in [0.15, 0.2) is 6.07 Å². The van der Waals surface area contributed by atoms with Gasteiger partial charge in [0.25, 0.3) is 0 Å². The number of aryl methyl sites for hydroxylation is 2. The Hall–Kier alpha value is -1.60. The summed E-state index contributed by atoms with van der Waals surface area (Å²) in [6.45, 7) is 1.64. The number of nitrogens with two attached hydrogens (primary N) is 1. The summed E-state index contributed by atoms with van der Waals surface area (Å²) in [5, 5.41) is 9.14. The van der Waals surface area contributed by atoms with Gasteiger partial charge in [0, 0.05) is 24.8 Å². The molecule has 0 saturated carbocycles. The van der Waals surface area contributed by atoms with Crippen molar-refractivity contribution in [3.63, 3.8) is 0 Å². The molecule has 4 heteroatoms. The lowest BCUT2D eigenvalue weighted by Gasteiger charge is -2.38. The number of nitrogens with zero attached hydrogens (tertiary/aromatic N) is 3. The Kier molecular flexibility index (Phi) is 2.08. The third-order valence-electron chi connectivity index (χ3n) is 3.36. The molecule has 0 amide bonds. The monoisotopic (exact) mass is 214 g/mol. The van der Waals surface area contributed by atoms with Crippen molar-refractivity contribution in [3.05, 3.63) is 22.9 Å². The maximum Gasteiger partial charge on any atom is 0.146 e. The number of nitriles is 1. The van der Waals surface area contributed by atoms with Crippen molar-refractivity contribution in [2.75, 3.05) is 18.0 Å². The van der Waals surface area contributed by atoms with E-state index in [0.717, 1.165) is 38.2 Å². The standard InChI is InChI=1S/C12H14N4/c13-5-9-4-8-2-1-3-11(8)15-12(9)16-6-10(14)7-16/h4,10H,1-3,6-7,14H2. The fraction of sp³-hybridized carbons (Fsp3) is 0.500. The van der Waals surface area contributed by atoms with Crippen molar-refractivity contribution in [3.8, 4) is 6.07 Å². The number of aromatic nitrogens is 1. The van der Waals surface area contributed by atoms with Gasteiger partial charge in [-0.25, -0.2) is 4.98 Å². The summed E-state index contributed by atoms with van der Waals surface area (Å²) in [5.41, 5.74) is 8.89. The summed E-state index contributed by atoms with van der Waals surface area (Å²) in [6, 6.07) is 4.49. The summed E-state index contributed by atoms with van der Waals surface area (Å²) in [5.74, 6) is 0.838. The van der Waals surface area contributed by atoms with Gasteiger partial charge in [0.05, 0.1) is 5.56 Å². The SMILES string of the molecule is N#Cc1cc2c(nc1N1CC(N)C1)CCC2. The lowest BCUT2D eigenvalue weighted by Crippen LogP contribution is -2.56. The zero-order valence-electron chi connectivity index (χ0n) is 9.11. The number of pyridine rings is 1. The average molecular weight is 214 g/mol. The van der Waals surface area contributed by atoms with Crippen molar-refractivity contribution in [2.24, 2.45) is 5.73 Å². The van der Waals surface area contributed by atoms with E-state index in [1.807, 2.05) is 6.07 Å². The van der Waals surface area contributed by atoms with Gasteiger partial charge in [-0.15, -0.1) is 0 Å². The molecule has 16 heavy (non-hydrogen) atoms. The third kappa shape index (κ3) is 1.36. The molecule has 1 aliphatic carbocycles. The summed E-state index contributed by atoms with van der Waals surface area (Å²) >= 11 is 0. The van der Waals surface area contributed by atoms with Crippen LogP contribution in [-0.2, 0) is 12.8 Å². The van der Waals surface area contributed by atoms with Crippen LogP contribution in [0.2, 0.25) is 0 Å². The third-order valence-corrected chi connectivity index (χ3v) is 3.36. The second-order valence-corrected chi connectivity index (χ2v) is 4.60. The molecule has 1 aliphatic heterocycles. The van der Waals surface area contributed by atoms with Gasteiger partial charge >= 0.3 is 0 Å². The second-order valence-electron chi connectivity index (χ2n) is 4.60. The first-order valence-corrected chi connectivity index (χ1v) is 5.71. The molecule has 3 rings (SSSR count). The molecule has 1 aromatic rings. The van der Waals surface area contributed by atoms with Gasteiger partial charge in [0.2, 0.25) is 0 Å². The van der Waals surface area contributed by atoms with Gasteiger partial charge in [0.1, 0.15) is 11.9 Å². The quantitative estimate of drug-likeness (QED) is 0.743. The smallest absolute Gasteiger partial charge is 0.146 e. The highest BCUT2D eigenvalue weighted by Crippen LogP contribution is 2.28. The molecule has 1 aromatic heterocycles. The van der Waals surface area contributed by atoms with Gasteiger partial charge in [-0.3, -0.25) is 0 Å². The van der Waals surface area contributed by atoms with E-state index in [0.29, 0.717) is 5.56 Å². The highest BCUT2D eigenvalue weighted by molar-refractivity contribution is 5.58. The minimum absolute atomic E-state index is 0.238. The maximum absolute atomic E-state index is 9.14. The van der Waals surface area contributed by atoms with Crippen molar-refractivity contribution >= 4 is 5.82 Å². The van der Waals surface area contributed by atoms with E-state index in [4.69, 9.17) is 11.0 Å². The van der Waals surface area contributed by atoms with Gasteiger partial charge in [-0.05, 0) is 30.9 Å². The lowest BCUT2D eigenvalue weighted by atomic mass is 10.1. The predicted molar refractivity (Wildman–Crippen MR) is 61.2 cm³/mol. The molecule has 2 aliphatic rings. The van der Waals surface area contributed by atoms with Crippen LogP contribution in [0, 0.1) is 11.3 Å². The van der Waals surface area contributed by atoms with Gasteiger partial charge in [-0.1, -0.05) is 0 Å². The first-order chi connectivity index (χ1) is 7.78. The van der Waals surface area contributed by atoms with Crippen molar-refractivity contribution in [1.29, 1.82) is 5.26 Å². The van der Waals surface area contributed by atoms with Crippen LogP contribution in [0.5, 0.6) is 0 Å². The van der Waals surface area contributed by atoms with E-state index in [9.17, 15) is 0 Å². The molecular formula is C12H14N4. The van der Waals surface area contributed by atoms with Crippen molar-refractivity contribution < 1.29 is 0 Å². The summed E-state index contributed by atoms with van der Waals surface area (Å²) in [6.07, 6.45) is 3.28. The predicted octanol–water partition coefficient (Wildman–Crippen LogP) is 0.589. The van der Waals surface area contributed by atoms with Crippen molar-refractivity contribution in [1.82, 2.24) is 4.98 Å². The van der Waals surface area contributed by atoms with Crippen LogP contribution in [0.4, 0.5) is 5.82 Å². The molecule has 0 unspecified atom stereocenters. The fourth-order valence-corrected chi connectivity index (χ4v) is 2.47. The number of hydrogen-bond donors (Lipinski definition) is 1. The van der Waals surface area contributed by atoms with E-state index in [-0.39, 0.29) is 6.04 Å². The zero-order chi connectivity index (χ0) is 11.1. The van der Waals surface area contributed by atoms with E-state index < -0.39 is 0 Å². The normalized spacial score (nSPS) is 19.1. The number of rotatable bonds is 1. The zero-order valence-corrected chi connectivity index (χ0v) is 9.11. The summed E-state index contributed by atoms with van der Waals surface area (Å²) < 4.78 is 0. The van der Waals surface area contributed by atoms with E-state index in [2.05, 4.69) is 16.0 Å². The van der Waals surface area contributed by atoms with Crippen LogP contribution < -0.4 is 10.6 Å². The molecule has 1 saturated heterocycles. The van der Waals surface area contributed by atoms with Crippen LogP contribution in [0.1, 0.15) is 23.2 Å². The molecular weight excluding hydrogens is 200 g/mol. The molecule has 4 nitrogen and oxygen atoms in total. The summed E-state index contributed by atoms with van der Waals surface area (Å²) in [7, 11) is 0. The fourth-order valence-electron chi connectivity index (χ4n) is 2.47. The molecule has 0 aromatic carbocycles. The summed E-state index contributed by atoms with van der Waals surface area (Å²) in [4.78, 5) is 6.73. The average Bonchev–Trinajstić information content (AvgIpc) is 2.69. The maximum atomic E-state index is 9.14. The minimum atomic E-state index is 0.238. The van der Waals surface area contributed by atoms with Gasteiger partial charge in [-0.2, -0.15) is 5.26 Å². The van der Waals surface area contributed by atoms with Crippen LogP contribution in [0.3, 0.4) is 0 Å². The number of fused-ring (bicyclic) bond motifs is 1. The second kappa shape index (κ2) is 3.46. The molecule has 0 radical (unpaired) electrons. The highest BCUT2D eigenvalue weighted by atomic mass is 15.3. The highest BCUT2D eigenvalue weighted by Gasteiger charge is 2.28. The van der Waals surface area contributed by atoms with E-state index >= 15 is 0 Å². The first-order valence-electron chi connectivity index (χ1n) is 5.71. The Balaban J connectivity index is 2.00. The first kappa shape index (κ1) is 9.61. The van der Waals surface area contributed by atoms with Crippen LogP contribution in [0.25, 0.3) is 0 Å². The Labute approximate surface area is 94.7 Å². The Bertz CT molecular complexity index is 469. The minimum Gasteiger partial charge on any atom is -0.352 e. The molecule has 82 valence electrons. The Morgan fingerprint density at radius 1 is 1.44 bits per heavy atom. The largest absolute Gasteiger partial charge is 0.352 e. The Morgan fingerprint density at radius 2 is 2.25 bits per heavy atom. The molecule has 2 N–H and O–H groups in total.